The number of nitrogens with zero attached hydrogens (tertiary/aromatic N) is 2. The van der Waals surface area contributed by atoms with Gasteiger partial charge in [-0.2, -0.15) is 5.10 Å². The topological polar surface area (TPSA) is 68.2 Å². The highest BCUT2D eigenvalue weighted by atomic mass is 16.5. The van der Waals surface area contributed by atoms with Gasteiger partial charge in [0.2, 0.25) is 0 Å². The number of carbonyl (C=O) groups excluding carboxylic acids is 1. The Morgan fingerprint density at radius 3 is 2.41 bits per heavy atom. The highest BCUT2D eigenvalue weighted by Gasteiger charge is 2.39. The minimum absolute atomic E-state index is 0.0621. The first-order chi connectivity index (χ1) is 14.2. The summed E-state index contributed by atoms with van der Waals surface area (Å²) < 4.78 is 7.51. The molecule has 0 atom stereocenters. The normalized spacial score (nSPS) is 15.8. The smallest absolute Gasteiger partial charge is 0.252 e. The van der Waals surface area contributed by atoms with Crippen molar-refractivity contribution >= 4 is 5.91 Å². The van der Waals surface area contributed by atoms with E-state index < -0.39 is 5.60 Å². The number of ether oxygens (including phenoxy) is 1. The van der Waals surface area contributed by atoms with Gasteiger partial charge >= 0.3 is 0 Å². The molecule has 6 nitrogen and oxygen atoms in total. The van der Waals surface area contributed by atoms with Crippen LogP contribution in [0.5, 0.6) is 0 Å². The van der Waals surface area contributed by atoms with E-state index in [4.69, 9.17) is 9.84 Å². The van der Waals surface area contributed by atoms with Gasteiger partial charge in [0.05, 0.1) is 11.4 Å². The molecule has 0 spiro atoms. The predicted octanol–water partition coefficient (Wildman–Crippen LogP) is 2.92. The van der Waals surface area contributed by atoms with E-state index in [1.807, 2.05) is 71.5 Å². The number of methoxy groups -OCH3 is 1. The second-order valence-corrected chi connectivity index (χ2v) is 7.28. The van der Waals surface area contributed by atoms with E-state index in [0.29, 0.717) is 19.4 Å². The molecular formula is C23H26N4O2. The van der Waals surface area contributed by atoms with E-state index in [1.54, 1.807) is 7.11 Å². The van der Waals surface area contributed by atoms with Gasteiger partial charge in [-0.25, -0.2) is 4.68 Å². The minimum Gasteiger partial charge on any atom is -0.368 e. The third kappa shape index (κ3) is 4.09. The number of hydrogen-bond donors (Lipinski definition) is 2. The lowest BCUT2D eigenvalue weighted by molar-refractivity contribution is -0.146. The fourth-order valence-electron chi connectivity index (χ4n) is 3.78. The number of rotatable bonds is 6. The molecule has 0 radical (unpaired) electrons. The van der Waals surface area contributed by atoms with Crippen molar-refractivity contribution in [2.45, 2.75) is 25.0 Å². The van der Waals surface area contributed by atoms with Gasteiger partial charge in [0.25, 0.3) is 5.91 Å². The van der Waals surface area contributed by atoms with Gasteiger partial charge < -0.3 is 15.4 Å². The molecule has 0 aliphatic carbocycles. The number of amides is 1. The summed E-state index contributed by atoms with van der Waals surface area (Å²) in [6, 6.07) is 20.0. The Morgan fingerprint density at radius 1 is 1.10 bits per heavy atom. The van der Waals surface area contributed by atoms with Gasteiger partial charge in [-0.1, -0.05) is 48.5 Å². The zero-order valence-corrected chi connectivity index (χ0v) is 16.6. The van der Waals surface area contributed by atoms with Crippen LogP contribution < -0.4 is 10.6 Å². The average Bonchev–Trinajstić information content (AvgIpc) is 3.23. The second kappa shape index (κ2) is 8.59. The van der Waals surface area contributed by atoms with Crippen molar-refractivity contribution in [2.24, 2.45) is 0 Å². The molecule has 2 heterocycles. The molecule has 4 rings (SSSR count). The molecule has 29 heavy (non-hydrogen) atoms. The monoisotopic (exact) mass is 390 g/mol. The van der Waals surface area contributed by atoms with Crippen molar-refractivity contribution < 1.29 is 9.53 Å². The second-order valence-electron chi connectivity index (χ2n) is 7.28. The molecule has 1 aromatic heterocycles. The first-order valence-corrected chi connectivity index (χ1v) is 9.95. The minimum atomic E-state index is -0.756. The van der Waals surface area contributed by atoms with Gasteiger partial charge in [0.1, 0.15) is 5.60 Å². The first-order valence-electron chi connectivity index (χ1n) is 9.95. The van der Waals surface area contributed by atoms with Crippen molar-refractivity contribution in [2.75, 3.05) is 20.2 Å². The van der Waals surface area contributed by atoms with Gasteiger partial charge in [-0.15, -0.1) is 0 Å². The Bertz CT molecular complexity index is 948. The van der Waals surface area contributed by atoms with E-state index in [-0.39, 0.29) is 5.91 Å². The molecule has 0 unspecified atom stereocenters. The Kier molecular flexibility index (Phi) is 5.74. The molecule has 1 amide bonds. The van der Waals surface area contributed by atoms with Crippen LogP contribution in [0, 0.1) is 0 Å². The van der Waals surface area contributed by atoms with E-state index in [0.717, 1.165) is 35.6 Å². The molecular weight excluding hydrogens is 364 g/mol. The van der Waals surface area contributed by atoms with Crippen LogP contribution in [-0.2, 0) is 16.1 Å². The molecule has 0 bridgehead atoms. The van der Waals surface area contributed by atoms with Crippen LogP contribution in [0.4, 0.5) is 0 Å². The van der Waals surface area contributed by atoms with E-state index in [1.165, 1.54) is 0 Å². The van der Waals surface area contributed by atoms with Gasteiger partial charge in [-0.3, -0.25) is 4.79 Å². The Labute approximate surface area is 170 Å². The number of aromatic nitrogens is 2. The third-order valence-electron chi connectivity index (χ3n) is 5.51. The maximum absolute atomic E-state index is 13.0. The Hall–Kier alpha value is -2.96. The van der Waals surface area contributed by atoms with Crippen molar-refractivity contribution in [1.82, 2.24) is 20.4 Å². The lowest BCUT2D eigenvalue weighted by Gasteiger charge is -2.34. The summed E-state index contributed by atoms with van der Waals surface area (Å²) >= 11 is 0. The number of para-hydroxylation sites is 1. The quantitative estimate of drug-likeness (QED) is 0.679. The van der Waals surface area contributed by atoms with Crippen molar-refractivity contribution in [3.05, 3.63) is 72.4 Å². The highest BCUT2D eigenvalue weighted by molar-refractivity contribution is 5.85. The standard InChI is InChI=1S/C23H26N4O2/c1-29-23(12-14-24-15-13-23)22(28)25-16-19-17-27(20-10-6-3-7-11-20)26-21(19)18-8-4-2-5-9-18/h2-11,17,24H,12-16H2,1H3,(H,25,28). The molecule has 0 saturated carbocycles. The lowest BCUT2D eigenvalue weighted by atomic mass is 9.91. The van der Waals surface area contributed by atoms with Gasteiger partial charge in [-0.05, 0) is 38.1 Å². The summed E-state index contributed by atoms with van der Waals surface area (Å²) in [5.41, 5.74) is 3.08. The molecule has 150 valence electrons. The predicted molar refractivity (Wildman–Crippen MR) is 113 cm³/mol. The van der Waals surface area contributed by atoms with Crippen LogP contribution in [0.1, 0.15) is 18.4 Å². The molecule has 1 aliphatic rings. The number of hydrogen-bond acceptors (Lipinski definition) is 4. The van der Waals surface area contributed by atoms with E-state index in [2.05, 4.69) is 10.6 Å². The third-order valence-corrected chi connectivity index (χ3v) is 5.51. The van der Waals surface area contributed by atoms with Gasteiger partial charge in [0, 0.05) is 31.0 Å². The SMILES string of the molecule is COC1(C(=O)NCc2cn(-c3ccccc3)nc2-c2ccccc2)CCNCC1. The summed E-state index contributed by atoms with van der Waals surface area (Å²) in [6.45, 7) is 1.96. The van der Waals surface area contributed by atoms with Crippen molar-refractivity contribution in [1.29, 1.82) is 0 Å². The number of benzene rings is 2. The molecule has 1 fully saturated rings. The first kappa shape index (κ1) is 19.4. The van der Waals surface area contributed by atoms with Crippen LogP contribution in [0.25, 0.3) is 16.9 Å². The maximum atomic E-state index is 13.0. The van der Waals surface area contributed by atoms with Crippen LogP contribution >= 0.6 is 0 Å². The molecule has 3 aromatic rings. The van der Waals surface area contributed by atoms with E-state index in [9.17, 15) is 4.79 Å². The molecule has 2 aromatic carbocycles. The summed E-state index contributed by atoms with van der Waals surface area (Å²) in [4.78, 5) is 13.0. The highest BCUT2D eigenvalue weighted by Crippen LogP contribution is 2.25. The number of nitrogens with one attached hydrogen (secondary N) is 2. The largest absolute Gasteiger partial charge is 0.368 e. The fourth-order valence-corrected chi connectivity index (χ4v) is 3.78. The molecule has 2 N–H and O–H groups in total. The Morgan fingerprint density at radius 2 is 1.76 bits per heavy atom. The average molecular weight is 390 g/mol. The van der Waals surface area contributed by atoms with Crippen molar-refractivity contribution in [3.63, 3.8) is 0 Å². The zero-order valence-electron chi connectivity index (χ0n) is 16.6. The lowest BCUT2D eigenvalue weighted by Crippen LogP contribution is -2.53. The summed E-state index contributed by atoms with van der Waals surface area (Å²) in [7, 11) is 1.62. The number of carbonyl (C=O) groups is 1. The fraction of sp³-hybridized carbons (Fsp3) is 0.304. The summed E-state index contributed by atoms with van der Waals surface area (Å²) in [5.74, 6) is -0.0621. The summed E-state index contributed by atoms with van der Waals surface area (Å²) in [5, 5.41) is 11.2. The van der Waals surface area contributed by atoms with Crippen molar-refractivity contribution in [3.8, 4) is 16.9 Å². The molecule has 1 aliphatic heterocycles. The summed E-state index contributed by atoms with van der Waals surface area (Å²) in [6.07, 6.45) is 3.33. The molecule has 6 heteroatoms. The van der Waals surface area contributed by atoms with E-state index >= 15 is 0 Å². The van der Waals surface area contributed by atoms with Crippen LogP contribution in [0.3, 0.4) is 0 Å². The zero-order chi connectivity index (χ0) is 20.1. The van der Waals surface area contributed by atoms with Crippen LogP contribution in [-0.4, -0.2) is 41.5 Å². The maximum Gasteiger partial charge on any atom is 0.252 e. The van der Waals surface area contributed by atoms with Crippen LogP contribution in [0.15, 0.2) is 66.9 Å². The number of piperidine rings is 1. The van der Waals surface area contributed by atoms with Crippen LogP contribution in [0.2, 0.25) is 0 Å². The molecule has 1 saturated heterocycles. The van der Waals surface area contributed by atoms with Gasteiger partial charge in [0.15, 0.2) is 0 Å². The Balaban J connectivity index is 1.60.